The fraction of sp³-hybridized carbons (Fsp3) is 0.231. The Hall–Kier alpha value is -2.17. The second-order valence-corrected chi connectivity index (χ2v) is 3.28. The summed E-state index contributed by atoms with van der Waals surface area (Å²) in [5, 5.41) is 0. The van der Waals surface area contributed by atoms with E-state index in [1.807, 2.05) is 0 Å². The number of methoxy groups -OCH3 is 1. The number of hydrogen-bond donors (Lipinski definition) is 0. The van der Waals surface area contributed by atoms with E-state index < -0.39 is 17.8 Å². The van der Waals surface area contributed by atoms with Crippen molar-refractivity contribution in [3.63, 3.8) is 0 Å². The summed E-state index contributed by atoms with van der Waals surface area (Å²) in [7, 11) is 1.20. The van der Waals surface area contributed by atoms with E-state index in [9.17, 15) is 14.0 Å². The molecular weight excluding hydrogens is 239 g/mol. The van der Waals surface area contributed by atoms with Gasteiger partial charge in [0.2, 0.25) is 0 Å². The summed E-state index contributed by atoms with van der Waals surface area (Å²) in [6.45, 7) is 1.77. The average molecular weight is 252 g/mol. The first-order valence-electron chi connectivity index (χ1n) is 5.31. The van der Waals surface area contributed by atoms with Crippen LogP contribution in [-0.2, 0) is 14.3 Å². The highest BCUT2D eigenvalue weighted by Gasteiger charge is 2.15. The Morgan fingerprint density at radius 2 is 1.89 bits per heavy atom. The zero-order valence-corrected chi connectivity index (χ0v) is 10.1. The van der Waals surface area contributed by atoms with Crippen LogP contribution in [0, 0.1) is 0 Å². The van der Waals surface area contributed by atoms with E-state index in [1.165, 1.54) is 19.2 Å². The van der Waals surface area contributed by atoms with Crippen molar-refractivity contribution in [3.05, 3.63) is 41.5 Å². The lowest BCUT2D eigenvalue weighted by molar-refractivity contribution is -0.137. The minimum absolute atomic E-state index is 0.00240. The van der Waals surface area contributed by atoms with Gasteiger partial charge in [0, 0.05) is 5.56 Å². The molecule has 1 aromatic rings. The third kappa shape index (κ3) is 3.41. The first kappa shape index (κ1) is 13.9. The molecule has 0 amide bonds. The van der Waals surface area contributed by atoms with Crippen LogP contribution in [0.4, 0.5) is 4.39 Å². The lowest BCUT2D eigenvalue weighted by Gasteiger charge is -2.05. The SMILES string of the molecule is CCOC(=O)/C=C(/F)c1ccccc1C(=O)OC. The highest BCUT2D eigenvalue weighted by molar-refractivity contribution is 5.97. The number of rotatable bonds is 4. The van der Waals surface area contributed by atoms with Gasteiger partial charge >= 0.3 is 11.9 Å². The summed E-state index contributed by atoms with van der Waals surface area (Å²) in [5.41, 5.74) is 0.0513. The van der Waals surface area contributed by atoms with E-state index in [1.54, 1.807) is 19.1 Å². The van der Waals surface area contributed by atoms with Gasteiger partial charge in [0.1, 0.15) is 5.83 Å². The lowest BCUT2D eigenvalue weighted by atomic mass is 10.1. The molecule has 0 aliphatic heterocycles. The number of ether oxygens (including phenoxy) is 2. The molecule has 0 atom stereocenters. The van der Waals surface area contributed by atoms with Crippen molar-refractivity contribution in [2.75, 3.05) is 13.7 Å². The van der Waals surface area contributed by atoms with Crippen molar-refractivity contribution in [1.29, 1.82) is 0 Å². The Kier molecular flexibility index (Phi) is 5.05. The number of hydrogen-bond acceptors (Lipinski definition) is 4. The molecular formula is C13H13FO4. The summed E-state index contributed by atoms with van der Waals surface area (Å²) in [5.74, 6) is -2.30. The molecule has 1 aromatic carbocycles. The summed E-state index contributed by atoms with van der Waals surface area (Å²) in [6, 6.07) is 5.94. The van der Waals surface area contributed by atoms with Crippen LogP contribution >= 0.6 is 0 Å². The summed E-state index contributed by atoms with van der Waals surface area (Å²) in [4.78, 5) is 22.5. The Labute approximate surface area is 104 Å². The van der Waals surface area contributed by atoms with Crippen LogP contribution in [0.2, 0.25) is 0 Å². The zero-order valence-electron chi connectivity index (χ0n) is 10.1. The predicted octanol–water partition coefficient (Wildman–Crippen LogP) is 2.35. The second kappa shape index (κ2) is 6.54. The van der Waals surface area contributed by atoms with E-state index in [4.69, 9.17) is 0 Å². The normalized spacial score (nSPS) is 10.9. The number of halogens is 1. The maximum absolute atomic E-state index is 13.8. The van der Waals surface area contributed by atoms with Crippen molar-refractivity contribution in [3.8, 4) is 0 Å². The minimum Gasteiger partial charge on any atom is -0.465 e. The summed E-state index contributed by atoms with van der Waals surface area (Å²) >= 11 is 0. The molecule has 18 heavy (non-hydrogen) atoms. The van der Waals surface area contributed by atoms with Gasteiger partial charge in [-0.1, -0.05) is 18.2 Å². The van der Waals surface area contributed by atoms with E-state index in [0.29, 0.717) is 6.08 Å². The number of carbonyl (C=O) groups is 2. The van der Waals surface area contributed by atoms with Gasteiger partial charge in [-0.25, -0.2) is 14.0 Å². The Morgan fingerprint density at radius 1 is 1.28 bits per heavy atom. The smallest absolute Gasteiger partial charge is 0.338 e. The van der Waals surface area contributed by atoms with E-state index in [2.05, 4.69) is 9.47 Å². The first-order valence-corrected chi connectivity index (χ1v) is 5.31. The molecule has 0 heterocycles. The zero-order chi connectivity index (χ0) is 13.5. The Morgan fingerprint density at radius 3 is 2.44 bits per heavy atom. The van der Waals surface area contributed by atoms with Gasteiger partial charge < -0.3 is 9.47 Å². The van der Waals surface area contributed by atoms with Crippen LogP contribution in [0.15, 0.2) is 30.3 Å². The molecule has 0 saturated carbocycles. The fourth-order valence-electron chi connectivity index (χ4n) is 1.34. The predicted molar refractivity (Wildman–Crippen MR) is 63.5 cm³/mol. The van der Waals surface area contributed by atoms with Gasteiger partial charge in [-0.3, -0.25) is 0 Å². The standard InChI is InChI=1S/C13H13FO4/c1-3-18-12(15)8-11(14)9-6-4-5-7-10(9)13(16)17-2/h4-8H,3H2,1-2H3/b11-8+. The maximum Gasteiger partial charge on any atom is 0.338 e. The maximum atomic E-state index is 13.8. The van der Waals surface area contributed by atoms with Crippen LogP contribution < -0.4 is 0 Å². The number of benzene rings is 1. The number of carbonyl (C=O) groups excluding carboxylic acids is 2. The Balaban J connectivity index is 3.09. The van der Waals surface area contributed by atoms with Crippen LogP contribution in [0.1, 0.15) is 22.8 Å². The molecule has 0 spiro atoms. The van der Waals surface area contributed by atoms with Crippen molar-refractivity contribution in [1.82, 2.24) is 0 Å². The van der Waals surface area contributed by atoms with Crippen LogP contribution in [0.5, 0.6) is 0 Å². The van der Waals surface area contributed by atoms with Crippen LogP contribution in [0.25, 0.3) is 5.83 Å². The average Bonchev–Trinajstić information content (AvgIpc) is 2.38. The molecule has 96 valence electrons. The molecule has 0 unspecified atom stereocenters. The molecule has 1 rings (SSSR count). The van der Waals surface area contributed by atoms with Gasteiger partial charge in [-0.05, 0) is 13.0 Å². The molecule has 0 saturated heterocycles. The topological polar surface area (TPSA) is 52.6 Å². The van der Waals surface area contributed by atoms with Crippen molar-refractivity contribution in [2.24, 2.45) is 0 Å². The van der Waals surface area contributed by atoms with Gasteiger partial charge in [0.15, 0.2) is 0 Å². The summed E-state index contributed by atoms with van der Waals surface area (Å²) in [6.07, 6.45) is 0.700. The van der Waals surface area contributed by atoms with Gasteiger partial charge in [-0.2, -0.15) is 0 Å². The van der Waals surface area contributed by atoms with Gasteiger partial charge in [0.05, 0.1) is 25.4 Å². The highest BCUT2D eigenvalue weighted by Crippen LogP contribution is 2.21. The van der Waals surface area contributed by atoms with E-state index in [0.717, 1.165) is 0 Å². The number of esters is 2. The third-order valence-electron chi connectivity index (χ3n) is 2.12. The molecule has 0 aliphatic rings. The Bertz CT molecular complexity index is 480. The molecule has 0 radical (unpaired) electrons. The van der Waals surface area contributed by atoms with E-state index in [-0.39, 0.29) is 17.7 Å². The van der Waals surface area contributed by atoms with Crippen molar-refractivity contribution >= 4 is 17.8 Å². The van der Waals surface area contributed by atoms with Crippen molar-refractivity contribution < 1.29 is 23.5 Å². The lowest BCUT2D eigenvalue weighted by Crippen LogP contribution is -2.05. The van der Waals surface area contributed by atoms with Crippen LogP contribution in [-0.4, -0.2) is 25.7 Å². The van der Waals surface area contributed by atoms with Gasteiger partial charge in [-0.15, -0.1) is 0 Å². The fourth-order valence-corrected chi connectivity index (χ4v) is 1.34. The minimum atomic E-state index is -0.838. The largest absolute Gasteiger partial charge is 0.465 e. The first-order chi connectivity index (χ1) is 8.60. The molecule has 4 nitrogen and oxygen atoms in total. The molecule has 0 N–H and O–H groups in total. The molecule has 0 fully saturated rings. The quantitative estimate of drug-likeness (QED) is 0.609. The third-order valence-corrected chi connectivity index (χ3v) is 2.12. The van der Waals surface area contributed by atoms with E-state index >= 15 is 0 Å². The molecule has 0 aliphatic carbocycles. The highest BCUT2D eigenvalue weighted by atomic mass is 19.1. The van der Waals surface area contributed by atoms with Gasteiger partial charge in [0.25, 0.3) is 0 Å². The molecule has 0 aromatic heterocycles. The van der Waals surface area contributed by atoms with Crippen molar-refractivity contribution in [2.45, 2.75) is 6.92 Å². The molecule has 0 bridgehead atoms. The molecule has 5 heteroatoms. The second-order valence-electron chi connectivity index (χ2n) is 3.28. The van der Waals surface area contributed by atoms with Crippen LogP contribution in [0.3, 0.4) is 0 Å². The summed E-state index contributed by atoms with van der Waals surface area (Å²) < 4.78 is 22.9. The monoisotopic (exact) mass is 252 g/mol.